The summed E-state index contributed by atoms with van der Waals surface area (Å²) in [6, 6.07) is 4.00. The van der Waals surface area contributed by atoms with E-state index in [1.54, 1.807) is 18.8 Å². The zero-order valence-corrected chi connectivity index (χ0v) is 19.4. The van der Waals surface area contributed by atoms with E-state index >= 15 is 0 Å². The van der Waals surface area contributed by atoms with Crippen LogP contribution >= 0.6 is 23.4 Å². The predicted molar refractivity (Wildman–Crippen MR) is 125 cm³/mol. The molecule has 0 saturated heterocycles. The molecule has 0 aliphatic heterocycles. The second-order valence-electron chi connectivity index (χ2n) is 8.95. The Morgan fingerprint density at radius 1 is 1.41 bits per heavy atom. The number of anilines is 2. The van der Waals surface area contributed by atoms with Crippen molar-refractivity contribution < 1.29 is 19.4 Å². The number of aliphatic hydroxyl groups excluding tert-OH is 1. The number of aliphatic hydroxyl groups is 2. The summed E-state index contributed by atoms with van der Waals surface area (Å²) in [5, 5.41) is 27.2. The smallest absolute Gasteiger partial charge is 0.261 e. The number of nitrogens with zero attached hydrogens (tertiary/aromatic N) is 2. The molecule has 1 heterocycles. The monoisotopic (exact) mass is 482 g/mol. The van der Waals surface area contributed by atoms with Crippen molar-refractivity contribution in [3.05, 3.63) is 40.3 Å². The summed E-state index contributed by atoms with van der Waals surface area (Å²) in [4.78, 5) is 13.1. The second-order valence-corrected chi connectivity index (χ2v) is 10.5. The van der Waals surface area contributed by atoms with Gasteiger partial charge in [0.1, 0.15) is 17.2 Å². The molecule has 1 aromatic heterocycles. The number of fused-ring (bicyclic) bond motifs is 1. The number of carbonyl (C=O) groups is 1. The number of nitrogens with two attached hydrogens (primary N) is 1. The van der Waals surface area contributed by atoms with Gasteiger partial charge in [0.15, 0.2) is 0 Å². The van der Waals surface area contributed by atoms with Gasteiger partial charge >= 0.3 is 0 Å². The average molecular weight is 483 g/mol. The Hall–Kier alpha value is -1.81. The van der Waals surface area contributed by atoms with Crippen molar-refractivity contribution >= 4 is 40.8 Å². The lowest BCUT2D eigenvalue weighted by Gasteiger charge is -2.24. The highest BCUT2D eigenvalue weighted by molar-refractivity contribution is 7.99. The van der Waals surface area contributed by atoms with E-state index in [4.69, 9.17) is 22.4 Å². The summed E-state index contributed by atoms with van der Waals surface area (Å²) in [6.07, 6.45) is 3.14. The van der Waals surface area contributed by atoms with Gasteiger partial charge in [0.25, 0.3) is 5.91 Å². The van der Waals surface area contributed by atoms with E-state index in [0.29, 0.717) is 40.3 Å². The fourth-order valence-electron chi connectivity index (χ4n) is 5.28. The van der Waals surface area contributed by atoms with Crippen molar-refractivity contribution in [3.63, 3.8) is 0 Å². The first-order valence-corrected chi connectivity index (χ1v) is 12.2. The molecule has 1 amide bonds. The highest BCUT2D eigenvalue weighted by atomic mass is 35.5. The average Bonchev–Trinajstić information content (AvgIpc) is 3.34. The number of amides is 1. The Morgan fingerprint density at radius 2 is 2.09 bits per heavy atom. The van der Waals surface area contributed by atoms with Crippen LogP contribution in [0.2, 0.25) is 5.02 Å². The molecule has 1 aromatic carbocycles. The lowest BCUT2D eigenvalue weighted by atomic mass is 9.92. The Morgan fingerprint density at radius 3 is 2.72 bits per heavy atom. The molecule has 2 aliphatic rings. The van der Waals surface area contributed by atoms with Crippen molar-refractivity contribution in [1.29, 1.82) is 0 Å². The van der Waals surface area contributed by atoms with Gasteiger partial charge in [-0.25, -0.2) is 4.39 Å². The third-order valence-corrected chi connectivity index (χ3v) is 8.14. The van der Waals surface area contributed by atoms with Crippen molar-refractivity contribution in [3.8, 4) is 0 Å². The summed E-state index contributed by atoms with van der Waals surface area (Å²) >= 11 is 7.41. The second kappa shape index (κ2) is 9.21. The number of hydrogen-bond donors (Lipinski definition) is 4. The standard InChI is InChI=1S/C22H28ClFN4O3S/c1-28-20(25)18(21(30)26-15-2-3-17(24)16(23)8-15)19(27-28)12-6-13-9-22(31,10-14(13)7-12)11-32-5-4-29/h2-3,8,12-14,29,31H,4-7,9-11,25H2,1H3,(H,26,30)/t12?,13-,14?,22?/m1/s1. The minimum atomic E-state index is -0.689. The Balaban J connectivity index is 1.48. The van der Waals surface area contributed by atoms with E-state index in [0.717, 1.165) is 25.7 Å². The molecule has 0 spiro atoms. The van der Waals surface area contributed by atoms with Crippen LogP contribution in [0.3, 0.4) is 0 Å². The number of aryl methyl sites for hydroxylation is 1. The summed E-state index contributed by atoms with van der Waals surface area (Å²) in [5.74, 6) is 1.41. The minimum Gasteiger partial charge on any atom is -0.396 e. The molecule has 0 bridgehead atoms. The van der Waals surface area contributed by atoms with E-state index in [-0.39, 0.29) is 23.4 Å². The number of hydrogen-bond acceptors (Lipinski definition) is 6. The third-order valence-electron chi connectivity index (χ3n) is 6.64. The van der Waals surface area contributed by atoms with Crippen LogP contribution in [0.4, 0.5) is 15.9 Å². The molecule has 0 radical (unpaired) electrons. The minimum absolute atomic E-state index is 0.0737. The highest BCUT2D eigenvalue weighted by Gasteiger charge is 2.49. The molecule has 4 atom stereocenters. The molecule has 32 heavy (non-hydrogen) atoms. The first-order chi connectivity index (χ1) is 15.2. The molecule has 2 aromatic rings. The summed E-state index contributed by atoms with van der Waals surface area (Å²) in [7, 11) is 1.71. The first kappa shape index (κ1) is 23.4. The fraction of sp³-hybridized carbons (Fsp3) is 0.545. The topological polar surface area (TPSA) is 113 Å². The van der Waals surface area contributed by atoms with Crippen LogP contribution in [0, 0.1) is 17.7 Å². The van der Waals surface area contributed by atoms with Gasteiger partial charge in [0, 0.05) is 30.2 Å². The van der Waals surface area contributed by atoms with Gasteiger partial charge in [0.2, 0.25) is 0 Å². The molecular formula is C22H28ClFN4O3S. The highest BCUT2D eigenvalue weighted by Crippen LogP contribution is 2.54. The molecule has 4 rings (SSSR count). The van der Waals surface area contributed by atoms with Crippen molar-refractivity contribution in [1.82, 2.24) is 9.78 Å². The summed E-state index contributed by atoms with van der Waals surface area (Å²) in [6.45, 7) is 0.117. The molecular weight excluding hydrogens is 455 g/mol. The van der Waals surface area contributed by atoms with Gasteiger partial charge in [-0.05, 0) is 55.7 Å². The fourth-order valence-corrected chi connectivity index (χ4v) is 6.35. The lowest BCUT2D eigenvalue weighted by Crippen LogP contribution is -2.29. The Labute approximate surface area is 195 Å². The molecule has 2 aliphatic carbocycles. The summed E-state index contributed by atoms with van der Waals surface area (Å²) in [5.41, 5.74) is 6.90. The van der Waals surface area contributed by atoms with Crippen molar-refractivity contribution in [2.45, 2.75) is 37.2 Å². The quantitative estimate of drug-likeness (QED) is 0.450. The first-order valence-electron chi connectivity index (χ1n) is 10.7. The zero-order chi connectivity index (χ0) is 23.0. The Kier molecular flexibility index (Phi) is 6.72. The van der Waals surface area contributed by atoms with Gasteiger partial charge in [-0.2, -0.15) is 16.9 Å². The van der Waals surface area contributed by atoms with Crippen molar-refractivity contribution in [2.75, 3.05) is 29.2 Å². The van der Waals surface area contributed by atoms with E-state index in [1.165, 1.54) is 22.9 Å². The van der Waals surface area contributed by atoms with E-state index in [9.17, 15) is 14.3 Å². The van der Waals surface area contributed by atoms with Crippen LogP contribution in [0.25, 0.3) is 0 Å². The maximum Gasteiger partial charge on any atom is 0.261 e. The van der Waals surface area contributed by atoms with Gasteiger partial charge in [-0.3, -0.25) is 9.48 Å². The third kappa shape index (κ3) is 4.62. The molecule has 174 valence electrons. The molecule has 5 N–H and O–H groups in total. The van der Waals surface area contributed by atoms with Crippen LogP contribution in [-0.2, 0) is 7.05 Å². The number of halogens is 2. The number of nitrogens with one attached hydrogen (secondary N) is 1. The van der Waals surface area contributed by atoms with Crippen LogP contribution < -0.4 is 11.1 Å². The van der Waals surface area contributed by atoms with E-state index in [2.05, 4.69) is 10.4 Å². The number of nitrogen functional groups attached to an aromatic ring is 1. The normalized spacial score (nSPS) is 27.0. The van der Waals surface area contributed by atoms with E-state index in [1.807, 2.05) is 0 Å². The molecule has 2 fully saturated rings. The van der Waals surface area contributed by atoms with Gasteiger partial charge in [-0.15, -0.1) is 0 Å². The Bertz CT molecular complexity index is 1000. The predicted octanol–water partition coefficient (Wildman–Crippen LogP) is 3.41. The van der Waals surface area contributed by atoms with Crippen LogP contribution in [-0.4, -0.2) is 49.6 Å². The number of rotatable bonds is 7. The maximum atomic E-state index is 13.4. The number of aromatic nitrogens is 2. The van der Waals surface area contributed by atoms with Crippen LogP contribution in [0.5, 0.6) is 0 Å². The number of carbonyl (C=O) groups excluding carboxylic acids is 1. The van der Waals surface area contributed by atoms with Crippen molar-refractivity contribution in [2.24, 2.45) is 18.9 Å². The molecule has 10 heteroatoms. The largest absolute Gasteiger partial charge is 0.396 e. The molecule has 3 unspecified atom stereocenters. The lowest BCUT2D eigenvalue weighted by molar-refractivity contribution is 0.0629. The van der Waals surface area contributed by atoms with E-state index < -0.39 is 17.3 Å². The number of benzene rings is 1. The van der Waals surface area contributed by atoms with Crippen LogP contribution in [0.1, 0.15) is 47.7 Å². The SMILES string of the molecule is Cn1nc(C2CC3CC(O)(CSCCO)C[C@H]3C2)c(C(=O)Nc2ccc(F)c(Cl)c2)c1N. The molecule has 2 saturated carbocycles. The van der Waals surface area contributed by atoms with Crippen LogP contribution in [0.15, 0.2) is 18.2 Å². The van der Waals surface area contributed by atoms with Gasteiger partial charge in [-0.1, -0.05) is 11.6 Å². The maximum absolute atomic E-state index is 13.4. The van der Waals surface area contributed by atoms with Gasteiger partial charge in [0.05, 0.1) is 22.9 Å². The zero-order valence-electron chi connectivity index (χ0n) is 17.9. The molecule has 7 nitrogen and oxygen atoms in total. The van der Waals surface area contributed by atoms with Gasteiger partial charge < -0.3 is 21.3 Å². The summed E-state index contributed by atoms with van der Waals surface area (Å²) < 4.78 is 15.0. The number of thioether (sulfide) groups is 1.